The first kappa shape index (κ1) is 11.9. The Balaban J connectivity index is 0.000001000. The molecule has 0 aliphatic rings. The van der Waals surface area contributed by atoms with E-state index in [-0.39, 0.29) is 23.1 Å². The first-order valence-electron chi connectivity index (χ1n) is 2.74. The van der Waals surface area contributed by atoms with Gasteiger partial charge in [0.15, 0.2) is 0 Å². The van der Waals surface area contributed by atoms with E-state index < -0.39 is 0 Å². The summed E-state index contributed by atoms with van der Waals surface area (Å²) in [7, 11) is 0. The zero-order valence-electron chi connectivity index (χ0n) is 5.07. The molecular formula is C7H7Cl3Mg. The molecule has 11 heavy (non-hydrogen) atoms. The molecule has 0 saturated heterocycles. The molecule has 0 aromatic heterocycles. The lowest BCUT2D eigenvalue weighted by molar-refractivity contribution is 1.40. The molecule has 0 bridgehead atoms. The molecule has 1 aromatic rings. The largest absolute Gasteiger partial charge is 0.316 e. The second-order valence-electron chi connectivity index (χ2n) is 1.87. The van der Waals surface area contributed by atoms with Crippen molar-refractivity contribution in [1.29, 1.82) is 0 Å². The third-order valence-electron chi connectivity index (χ3n) is 1.15. The van der Waals surface area contributed by atoms with Gasteiger partial charge in [0.1, 0.15) is 0 Å². The van der Waals surface area contributed by atoms with Crippen molar-refractivity contribution >= 4 is 57.9 Å². The van der Waals surface area contributed by atoms with Crippen LogP contribution in [0.5, 0.6) is 0 Å². The quantitative estimate of drug-likeness (QED) is 0.506. The van der Waals surface area contributed by atoms with E-state index in [1.807, 2.05) is 0 Å². The van der Waals surface area contributed by atoms with Crippen molar-refractivity contribution in [2.75, 3.05) is 0 Å². The van der Waals surface area contributed by atoms with Gasteiger partial charge in [-0.05, 0) is 23.8 Å². The predicted octanol–water partition coefficient (Wildman–Crippen LogP) is 2.82. The van der Waals surface area contributed by atoms with Gasteiger partial charge in [0.2, 0.25) is 0 Å². The second-order valence-corrected chi connectivity index (χ2v) is 2.98. The Morgan fingerprint density at radius 1 is 1.18 bits per heavy atom. The van der Waals surface area contributed by atoms with Crippen molar-refractivity contribution in [2.24, 2.45) is 0 Å². The third kappa shape index (κ3) is 3.39. The summed E-state index contributed by atoms with van der Waals surface area (Å²) < 4.78 is 0. The number of hydrogen-bond donors (Lipinski definition) is 0. The highest BCUT2D eigenvalue weighted by atomic mass is 35.5. The molecule has 0 fully saturated rings. The number of hydrogen-bond acceptors (Lipinski definition) is 0. The molecule has 0 aliphatic heterocycles. The van der Waals surface area contributed by atoms with Gasteiger partial charge >= 0.3 is 23.1 Å². The molecule has 58 valence electrons. The average molecular weight is 222 g/mol. The highest BCUT2D eigenvalue weighted by Gasteiger charge is 1.97. The second kappa shape index (κ2) is 5.49. The van der Waals surface area contributed by atoms with E-state index in [4.69, 9.17) is 34.8 Å². The molecular weight excluding hydrogens is 215 g/mol. The molecule has 0 spiro atoms. The fraction of sp³-hybridized carbons (Fsp3) is 0.143. The van der Waals surface area contributed by atoms with Crippen molar-refractivity contribution in [2.45, 2.75) is 5.88 Å². The van der Waals surface area contributed by atoms with Crippen LogP contribution in [0.15, 0.2) is 18.2 Å². The maximum absolute atomic E-state index is 5.75. The Bertz CT molecular complexity index is 237. The summed E-state index contributed by atoms with van der Waals surface area (Å²) in [4.78, 5) is 0. The molecule has 4 heteroatoms. The standard InChI is InChI=1S/C7H5Cl3.Mg.2H/c8-4-5-3-6(9)1-2-7(5)10;;;/h1-3H,4H2;;;. The summed E-state index contributed by atoms with van der Waals surface area (Å²) in [5.41, 5.74) is 0.871. The van der Waals surface area contributed by atoms with Gasteiger partial charge in [0, 0.05) is 15.9 Å². The van der Waals surface area contributed by atoms with Gasteiger partial charge in [-0.1, -0.05) is 23.2 Å². The van der Waals surface area contributed by atoms with Crippen LogP contribution in [0.3, 0.4) is 0 Å². The molecule has 0 radical (unpaired) electrons. The maximum Gasteiger partial charge on any atom is 0.316 e. The summed E-state index contributed by atoms with van der Waals surface area (Å²) in [5, 5.41) is 1.33. The summed E-state index contributed by atoms with van der Waals surface area (Å²) in [5.74, 6) is 0.402. The lowest BCUT2D eigenvalue weighted by atomic mass is 10.2. The van der Waals surface area contributed by atoms with Crippen LogP contribution in [0.25, 0.3) is 0 Å². The monoisotopic (exact) mass is 220 g/mol. The molecule has 0 heterocycles. The summed E-state index contributed by atoms with van der Waals surface area (Å²) in [6.45, 7) is 0. The van der Waals surface area contributed by atoms with Crippen LogP contribution in [0.4, 0.5) is 0 Å². The molecule has 0 nitrogen and oxygen atoms in total. The molecule has 0 saturated carbocycles. The number of benzene rings is 1. The van der Waals surface area contributed by atoms with E-state index in [1.54, 1.807) is 18.2 Å². The highest BCUT2D eigenvalue weighted by Crippen LogP contribution is 2.21. The van der Waals surface area contributed by atoms with Crippen LogP contribution < -0.4 is 0 Å². The van der Waals surface area contributed by atoms with Gasteiger partial charge in [-0.2, -0.15) is 0 Å². The van der Waals surface area contributed by atoms with Crippen molar-refractivity contribution < 1.29 is 0 Å². The van der Waals surface area contributed by atoms with Crippen molar-refractivity contribution in [1.82, 2.24) is 0 Å². The van der Waals surface area contributed by atoms with Gasteiger partial charge in [-0.15, -0.1) is 11.6 Å². The Labute approximate surface area is 97.0 Å². The molecule has 0 amide bonds. The fourth-order valence-electron chi connectivity index (χ4n) is 0.646. The van der Waals surface area contributed by atoms with Gasteiger partial charge in [0.05, 0.1) is 0 Å². The summed E-state index contributed by atoms with van der Waals surface area (Å²) in [6.07, 6.45) is 0. The van der Waals surface area contributed by atoms with E-state index in [0.717, 1.165) is 5.56 Å². The summed E-state index contributed by atoms with van der Waals surface area (Å²) in [6, 6.07) is 5.23. The van der Waals surface area contributed by atoms with Gasteiger partial charge < -0.3 is 0 Å². The first-order valence-corrected chi connectivity index (χ1v) is 4.03. The Morgan fingerprint density at radius 2 is 1.82 bits per heavy atom. The van der Waals surface area contributed by atoms with E-state index in [1.165, 1.54) is 0 Å². The minimum absolute atomic E-state index is 0. The zero-order chi connectivity index (χ0) is 7.56. The Morgan fingerprint density at radius 3 is 2.27 bits per heavy atom. The zero-order valence-corrected chi connectivity index (χ0v) is 7.34. The highest BCUT2D eigenvalue weighted by molar-refractivity contribution is 6.34. The topological polar surface area (TPSA) is 0 Å². The van der Waals surface area contributed by atoms with Crippen LogP contribution in [-0.2, 0) is 5.88 Å². The predicted molar refractivity (Wildman–Crippen MR) is 54.6 cm³/mol. The minimum Gasteiger partial charge on any atom is -0.121 e. The van der Waals surface area contributed by atoms with Crippen LogP contribution in [0, 0.1) is 0 Å². The maximum atomic E-state index is 5.75. The van der Waals surface area contributed by atoms with Crippen LogP contribution >= 0.6 is 34.8 Å². The molecule has 1 rings (SSSR count). The molecule has 0 unspecified atom stereocenters. The molecule has 0 aliphatic carbocycles. The summed E-state index contributed by atoms with van der Waals surface area (Å²) >= 11 is 17.0. The SMILES string of the molecule is ClCc1cc(Cl)ccc1Cl.[MgH2]. The molecule has 0 N–H and O–H groups in total. The normalized spacial score (nSPS) is 9.00. The van der Waals surface area contributed by atoms with Crippen molar-refractivity contribution in [3.8, 4) is 0 Å². The van der Waals surface area contributed by atoms with Crippen molar-refractivity contribution in [3.63, 3.8) is 0 Å². The Kier molecular flexibility index (Phi) is 5.92. The number of rotatable bonds is 1. The number of halogens is 3. The van der Waals surface area contributed by atoms with E-state index in [2.05, 4.69) is 0 Å². The molecule has 0 atom stereocenters. The third-order valence-corrected chi connectivity index (χ3v) is 2.04. The van der Waals surface area contributed by atoms with Gasteiger partial charge in [0.25, 0.3) is 0 Å². The van der Waals surface area contributed by atoms with Crippen LogP contribution in [0.1, 0.15) is 5.56 Å². The smallest absolute Gasteiger partial charge is 0.121 e. The fourth-order valence-corrected chi connectivity index (χ4v) is 1.31. The molecule has 1 aromatic carbocycles. The average Bonchev–Trinajstić information content (AvgIpc) is 1.94. The van der Waals surface area contributed by atoms with Gasteiger partial charge in [-0.3, -0.25) is 0 Å². The first-order chi connectivity index (χ1) is 4.74. The lowest BCUT2D eigenvalue weighted by Gasteiger charge is -1.98. The van der Waals surface area contributed by atoms with Gasteiger partial charge in [-0.25, -0.2) is 0 Å². The number of alkyl halides is 1. The van der Waals surface area contributed by atoms with Crippen LogP contribution in [0.2, 0.25) is 10.0 Å². The van der Waals surface area contributed by atoms with E-state index >= 15 is 0 Å². The minimum atomic E-state index is 0. The van der Waals surface area contributed by atoms with Crippen LogP contribution in [-0.4, -0.2) is 23.1 Å². The lowest BCUT2D eigenvalue weighted by Crippen LogP contribution is -1.78. The van der Waals surface area contributed by atoms with Crippen molar-refractivity contribution in [3.05, 3.63) is 33.8 Å². The van der Waals surface area contributed by atoms with E-state index in [9.17, 15) is 0 Å². The Hall–Kier alpha value is 0.856. The van der Waals surface area contributed by atoms with E-state index in [0.29, 0.717) is 15.9 Å².